The second-order valence-corrected chi connectivity index (χ2v) is 5.67. The maximum atomic E-state index is 11.3. The molecule has 0 bridgehead atoms. The topological polar surface area (TPSA) is 75.8 Å². The Morgan fingerprint density at radius 1 is 1.39 bits per heavy atom. The highest BCUT2D eigenvalue weighted by Crippen LogP contribution is 2.25. The monoisotopic (exact) mass is 316 g/mol. The smallest absolute Gasteiger partial charge is 0.320 e. The van der Waals surface area contributed by atoms with Gasteiger partial charge in [0.2, 0.25) is 5.89 Å². The van der Waals surface area contributed by atoms with E-state index in [1.807, 2.05) is 29.2 Å². The predicted molar refractivity (Wildman–Crippen MR) is 84.2 cm³/mol. The van der Waals surface area contributed by atoms with Crippen LogP contribution >= 0.6 is 0 Å². The van der Waals surface area contributed by atoms with Crippen LogP contribution in [-0.2, 0) is 11.3 Å². The van der Waals surface area contributed by atoms with E-state index in [9.17, 15) is 9.90 Å². The van der Waals surface area contributed by atoms with Crippen LogP contribution in [0.3, 0.4) is 0 Å². The molecule has 1 saturated heterocycles. The number of piperidine rings is 1. The number of likely N-dealkylation sites (tertiary alicyclic amines) is 1. The van der Waals surface area contributed by atoms with Crippen LogP contribution in [0.25, 0.3) is 11.3 Å². The minimum atomic E-state index is -0.772. The summed E-state index contributed by atoms with van der Waals surface area (Å²) in [5, 5.41) is 9.31. The Kier molecular flexibility index (Phi) is 4.62. The van der Waals surface area contributed by atoms with Crippen molar-refractivity contribution in [3.63, 3.8) is 0 Å². The molecule has 0 radical (unpaired) electrons. The Morgan fingerprint density at radius 3 is 2.87 bits per heavy atom. The molecule has 0 aliphatic carbocycles. The number of rotatable bonds is 5. The highest BCUT2D eigenvalue weighted by atomic mass is 16.5. The molecule has 1 aliphatic heterocycles. The SMILES string of the molecule is COc1ccc(-c2cnc(CN3CCCCC3C(=O)O)o2)cc1. The van der Waals surface area contributed by atoms with Gasteiger partial charge in [0.15, 0.2) is 5.76 Å². The molecule has 1 fully saturated rings. The first-order valence-corrected chi connectivity index (χ1v) is 7.73. The number of ether oxygens (including phenoxy) is 1. The molecular formula is C17H20N2O4. The summed E-state index contributed by atoms with van der Waals surface area (Å²) < 4.78 is 10.9. The van der Waals surface area contributed by atoms with Crippen LogP contribution < -0.4 is 4.74 Å². The summed E-state index contributed by atoms with van der Waals surface area (Å²) in [5.41, 5.74) is 0.915. The van der Waals surface area contributed by atoms with E-state index in [0.717, 1.165) is 30.7 Å². The molecule has 0 saturated carbocycles. The fourth-order valence-electron chi connectivity index (χ4n) is 2.91. The highest BCUT2D eigenvalue weighted by molar-refractivity contribution is 5.73. The summed E-state index contributed by atoms with van der Waals surface area (Å²) in [6, 6.07) is 7.10. The van der Waals surface area contributed by atoms with Crippen molar-refractivity contribution in [1.82, 2.24) is 9.88 Å². The largest absolute Gasteiger partial charge is 0.497 e. The summed E-state index contributed by atoms with van der Waals surface area (Å²) in [6.45, 7) is 1.18. The van der Waals surface area contributed by atoms with Crippen LogP contribution in [0.1, 0.15) is 25.2 Å². The molecule has 122 valence electrons. The fourth-order valence-corrected chi connectivity index (χ4v) is 2.91. The molecule has 0 spiro atoms. The van der Waals surface area contributed by atoms with E-state index in [1.165, 1.54) is 0 Å². The lowest BCUT2D eigenvalue weighted by molar-refractivity contribution is -0.145. The number of hydrogen-bond donors (Lipinski definition) is 1. The van der Waals surface area contributed by atoms with Crippen LogP contribution in [0.5, 0.6) is 5.75 Å². The molecule has 1 aromatic carbocycles. The van der Waals surface area contributed by atoms with Crippen molar-refractivity contribution in [3.05, 3.63) is 36.4 Å². The number of methoxy groups -OCH3 is 1. The average molecular weight is 316 g/mol. The van der Waals surface area contributed by atoms with E-state index in [1.54, 1.807) is 13.3 Å². The van der Waals surface area contributed by atoms with Gasteiger partial charge in [-0.05, 0) is 43.7 Å². The zero-order valence-electron chi connectivity index (χ0n) is 13.1. The molecule has 6 nitrogen and oxygen atoms in total. The summed E-state index contributed by atoms with van der Waals surface area (Å²) in [4.78, 5) is 17.6. The zero-order chi connectivity index (χ0) is 16.2. The van der Waals surface area contributed by atoms with Crippen LogP contribution in [0.15, 0.2) is 34.9 Å². The van der Waals surface area contributed by atoms with Crippen molar-refractivity contribution >= 4 is 5.97 Å². The van der Waals surface area contributed by atoms with Gasteiger partial charge in [-0.15, -0.1) is 0 Å². The van der Waals surface area contributed by atoms with Gasteiger partial charge in [-0.2, -0.15) is 0 Å². The number of aromatic nitrogens is 1. The average Bonchev–Trinajstić information content (AvgIpc) is 3.04. The van der Waals surface area contributed by atoms with E-state index in [-0.39, 0.29) is 0 Å². The molecule has 0 amide bonds. The first-order valence-electron chi connectivity index (χ1n) is 7.73. The molecule has 1 aromatic heterocycles. The first-order chi connectivity index (χ1) is 11.2. The van der Waals surface area contributed by atoms with Gasteiger partial charge in [0.05, 0.1) is 19.9 Å². The summed E-state index contributed by atoms with van der Waals surface area (Å²) >= 11 is 0. The van der Waals surface area contributed by atoms with Gasteiger partial charge >= 0.3 is 5.97 Å². The van der Waals surface area contributed by atoms with Crippen molar-refractivity contribution in [2.75, 3.05) is 13.7 Å². The highest BCUT2D eigenvalue weighted by Gasteiger charge is 2.29. The predicted octanol–water partition coefficient (Wildman–Crippen LogP) is 2.79. The van der Waals surface area contributed by atoms with Crippen molar-refractivity contribution in [2.24, 2.45) is 0 Å². The number of carboxylic acid groups (broad SMARTS) is 1. The quantitative estimate of drug-likeness (QED) is 0.914. The Bertz CT molecular complexity index is 665. The number of carboxylic acids is 1. The molecule has 6 heteroatoms. The van der Waals surface area contributed by atoms with Crippen molar-refractivity contribution in [1.29, 1.82) is 0 Å². The number of carbonyl (C=O) groups is 1. The Morgan fingerprint density at radius 2 is 2.17 bits per heavy atom. The van der Waals surface area contributed by atoms with Gasteiger partial charge in [0, 0.05) is 5.56 Å². The summed E-state index contributed by atoms with van der Waals surface area (Å²) in [7, 11) is 1.62. The molecule has 1 atom stereocenters. The second-order valence-electron chi connectivity index (χ2n) is 5.67. The minimum absolute atomic E-state index is 0.424. The van der Waals surface area contributed by atoms with Crippen LogP contribution in [-0.4, -0.2) is 40.7 Å². The van der Waals surface area contributed by atoms with Crippen molar-refractivity contribution < 1.29 is 19.1 Å². The third kappa shape index (κ3) is 3.53. The summed E-state index contributed by atoms with van der Waals surface area (Å²) in [5.74, 6) is 1.23. The number of hydrogen-bond acceptors (Lipinski definition) is 5. The standard InChI is InChI=1S/C17H20N2O4/c1-22-13-7-5-12(6-8-13)15-10-18-16(23-15)11-19-9-3-2-4-14(19)17(20)21/h5-8,10,14H,2-4,9,11H2,1H3,(H,20,21). The molecular weight excluding hydrogens is 296 g/mol. The fraction of sp³-hybridized carbons (Fsp3) is 0.412. The van der Waals surface area contributed by atoms with Crippen LogP contribution in [0.2, 0.25) is 0 Å². The lowest BCUT2D eigenvalue weighted by Gasteiger charge is -2.31. The maximum absolute atomic E-state index is 11.3. The number of nitrogens with zero attached hydrogens (tertiary/aromatic N) is 2. The molecule has 1 unspecified atom stereocenters. The normalized spacial score (nSPS) is 18.7. The zero-order valence-corrected chi connectivity index (χ0v) is 13.1. The van der Waals surface area contributed by atoms with Gasteiger partial charge in [0.25, 0.3) is 0 Å². The Balaban J connectivity index is 1.72. The Hall–Kier alpha value is -2.34. The van der Waals surface area contributed by atoms with Gasteiger partial charge in [-0.3, -0.25) is 9.69 Å². The second kappa shape index (κ2) is 6.83. The van der Waals surface area contributed by atoms with E-state index in [2.05, 4.69) is 4.98 Å². The van der Waals surface area contributed by atoms with Gasteiger partial charge in [0.1, 0.15) is 11.8 Å². The van der Waals surface area contributed by atoms with E-state index in [4.69, 9.17) is 9.15 Å². The molecule has 1 N–H and O–H groups in total. The van der Waals surface area contributed by atoms with Crippen LogP contribution in [0.4, 0.5) is 0 Å². The molecule has 1 aliphatic rings. The molecule has 23 heavy (non-hydrogen) atoms. The van der Waals surface area contributed by atoms with E-state index < -0.39 is 12.0 Å². The van der Waals surface area contributed by atoms with Gasteiger partial charge in [-0.25, -0.2) is 4.98 Å². The van der Waals surface area contributed by atoms with Crippen molar-refractivity contribution in [3.8, 4) is 17.1 Å². The van der Waals surface area contributed by atoms with Gasteiger partial charge in [-0.1, -0.05) is 6.42 Å². The molecule has 3 rings (SSSR count). The third-order valence-electron chi connectivity index (χ3n) is 4.17. The third-order valence-corrected chi connectivity index (χ3v) is 4.17. The van der Waals surface area contributed by atoms with E-state index >= 15 is 0 Å². The Labute approximate surface area is 134 Å². The maximum Gasteiger partial charge on any atom is 0.320 e. The summed E-state index contributed by atoms with van der Waals surface area (Å²) in [6.07, 6.45) is 4.32. The minimum Gasteiger partial charge on any atom is -0.497 e. The number of oxazole rings is 1. The molecule has 2 heterocycles. The lowest BCUT2D eigenvalue weighted by atomic mass is 10.0. The van der Waals surface area contributed by atoms with Crippen molar-refractivity contribution in [2.45, 2.75) is 31.8 Å². The number of aliphatic carboxylic acids is 1. The lowest BCUT2D eigenvalue weighted by Crippen LogP contribution is -2.44. The first kappa shape index (κ1) is 15.6. The molecule has 2 aromatic rings. The van der Waals surface area contributed by atoms with Gasteiger partial charge < -0.3 is 14.3 Å². The van der Waals surface area contributed by atoms with E-state index in [0.29, 0.717) is 24.6 Å². The number of benzene rings is 1. The van der Waals surface area contributed by atoms with Crippen LogP contribution in [0, 0.1) is 0 Å².